The van der Waals surface area contributed by atoms with Crippen molar-refractivity contribution in [3.63, 3.8) is 0 Å². The predicted molar refractivity (Wildman–Crippen MR) is 120 cm³/mol. The van der Waals surface area contributed by atoms with Crippen LogP contribution in [-0.4, -0.2) is 27.9 Å². The number of hydrogen-bond acceptors (Lipinski definition) is 4. The maximum Gasteiger partial charge on any atom is 0.233 e. The van der Waals surface area contributed by atoms with Gasteiger partial charge in [-0.25, -0.2) is 0 Å². The molecule has 3 aromatic rings. The Kier molecular flexibility index (Phi) is 6.45. The molecule has 0 spiro atoms. The van der Waals surface area contributed by atoms with Gasteiger partial charge in [0.05, 0.1) is 5.25 Å². The fraction of sp³-hybridized carbons (Fsp3) is 0.375. The van der Waals surface area contributed by atoms with Crippen molar-refractivity contribution in [2.24, 2.45) is 5.92 Å². The maximum atomic E-state index is 12.6. The number of amides is 1. The Morgan fingerprint density at radius 1 is 1.00 bits per heavy atom. The molecule has 1 heterocycles. The molecule has 0 bridgehead atoms. The summed E-state index contributed by atoms with van der Waals surface area (Å²) in [5.41, 5.74) is 1.92. The lowest BCUT2D eigenvalue weighted by Crippen LogP contribution is -2.35. The number of nitrogens with zero attached hydrogens (tertiary/aromatic N) is 2. The van der Waals surface area contributed by atoms with Gasteiger partial charge in [0.2, 0.25) is 5.91 Å². The van der Waals surface area contributed by atoms with Crippen molar-refractivity contribution in [3.8, 4) is 11.3 Å². The van der Waals surface area contributed by atoms with Gasteiger partial charge in [-0.1, -0.05) is 85.6 Å². The van der Waals surface area contributed by atoms with Gasteiger partial charge in [-0.15, -0.1) is 10.2 Å². The number of carbonyl (C=O) groups excluding carboxylic acids is 1. The third kappa shape index (κ3) is 4.78. The summed E-state index contributed by atoms with van der Waals surface area (Å²) in [6.45, 7) is 2.74. The van der Waals surface area contributed by atoms with Crippen LogP contribution >= 0.6 is 11.8 Å². The van der Waals surface area contributed by atoms with Gasteiger partial charge in [0.1, 0.15) is 10.7 Å². The lowest BCUT2D eigenvalue weighted by molar-refractivity contribution is -0.120. The van der Waals surface area contributed by atoms with E-state index in [4.69, 9.17) is 0 Å². The molecule has 1 N–H and O–H groups in total. The van der Waals surface area contributed by atoms with Crippen molar-refractivity contribution in [2.75, 3.05) is 6.54 Å². The SMILES string of the molecule is CC(Sc1nnc(-c2ccccc2)c2ccccc12)C(=O)NCC1CCCCC1. The van der Waals surface area contributed by atoms with Gasteiger partial charge in [-0.2, -0.15) is 0 Å². The van der Waals surface area contributed by atoms with Crippen molar-refractivity contribution >= 4 is 28.4 Å². The van der Waals surface area contributed by atoms with Crippen LogP contribution in [0.5, 0.6) is 0 Å². The first kappa shape index (κ1) is 19.9. The monoisotopic (exact) mass is 405 g/mol. The molecule has 1 aliphatic rings. The lowest BCUT2D eigenvalue weighted by atomic mass is 9.89. The van der Waals surface area contributed by atoms with Crippen LogP contribution < -0.4 is 5.32 Å². The molecule has 150 valence electrons. The highest BCUT2D eigenvalue weighted by Crippen LogP contribution is 2.33. The molecule has 0 saturated heterocycles. The molecule has 1 aliphatic carbocycles. The predicted octanol–water partition coefficient (Wildman–Crippen LogP) is 5.47. The highest BCUT2D eigenvalue weighted by Gasteiger charge is 2.20. The molecular formula is C24H27N3OS. The van der Waals surface area contributed by atoms with Crippen molar-refractivity contribution in [1.82, 2.24) is 15.5 Å². The number of rotatable bonds is 6. The van der Waals surface area contributed by atoms with E-state index in [0.29, 0.717) is 5.92 Å². The van der Waals surface area contributed by atoms with E-state index in [9.17, 15) is 4.79 Å². The standard InChI is InChI=1S/C24H27N3OS/c1-17(23(28)25-16-18-10-4-2-5-11-18)29-24-21-15-9-8-14-20(21)22(26-27-24)19-12-6-3-7-13-19/h3,6-9,12-15,17-18H,2,4-5,10-11,16H2,1H3,(H,25,28). The summed E-state index contributed by atoms with van der Waals surface area (Å²) in [4.78, 5) is 12.6. The Hall–Kier alpha value is -2.40. The van der Waals surface area contributed by atoms with E-state index in [-0.39, 0.29) is 11.2 Å². The highest BCUT2D eigenvalue weighted by molar-refractivity contribution is 8.00. The zero-order valence-corrected chi connectivity index (χ0v) is 17.6. The fourth-order valence-corrected chi connectivity index (χ4v) is 4.89. The largest absolute Gasteiger partial charge is 0.355 e. The number of hydrogen-bond donors (Lipinski definition) is 1. The second kappa shape index (κ2) is 9.40. The number of fused-ring (bicyclic) bond motifs is 1. The Labute approximate surface area is 176 Å². The molecule has 1 unspecified atom stereocenters. The van der Waals surface area contributed by atoms with Crippen LogP contribution in [0.2, 0.25) is 0 Å². The van der Waals surface area contributed by atoms with Gasteiger partial charge in [-0.3, -0.25) is 4.79 Å². The molecule has 1 fully saturated rings. The van der Waals surface area contributed by atoms with E-state index >= 15 is 0 Å². The molecule has 29 heavy (non-hydrogen) atoms. The average molecular weight is 406 g/mol. The van der Waals surface area contributed by atoms with Crippen molar-refractivity contribution in [3.05, 3.63) is 54.6 Å². The fourth-order valence-electron chi connectivity index (χ4n) is 3.98. The second-order valence-corrected chi connectivity index (χ2v) is 9.10. The van der Waals surface area contributed by atoms with Gasteiger partial charge >= 0.3 is 0 Å². The van der Waals surface area contributed by atoms with Crippen LogP contribution in [0.1, 0.15) is 39.0 Å². The van der Waals surface area contributed by atoms with E-state index in [1.54, 1.807) is 0 Å². The highest BCUT2D eigenvalue weighted by atomic mass is 32.2. The molecule has 0 aliphatic heterocycles. The first-order valence-corrected chi connectivity index (χ1v) is 11.4. The van der Waals surface area contributed by atoms with Crippen LogP contribution in [0.15, 0.2) is 59.6 Å². The number of carbonyl (C=O) groups is 1. The lowest BCUT2D eigenvalue weighted by Gasteiger charge is -2.22. The second-order valence-electron chi connectivity index (χ2n) is 7.77. The minimum Gasteiger partial charge on any atom is -0.355 e. The summed E-state index contributed by atoms with van der Waals surface area (Å²) < 4.78 is 0. The smallest absolute Gasteiger partial charge is 0.233 e. The van der Waals surface area contributed by atoms with E-state index in [1.165, 1.54) is 43.9 Å². The van der Waals surface area contributed by atoms with Crippen molar-refractivity contribution in [1.29, 1.82) is 0 Å². The Morgan fingerprint density at radius 2 is 1.69 bits per heavy atom. The quantitative estimate of drug-likeness (QED) is 0.552. The molecule has 1 aromatic heterocycles. The molecule has 1 amide bonds. The molecule has 2 aromatic carbocycles. The molecule has 1 atom stereocenters. The molecular weight excluding hydrogens is 378 g/mol. The zero-order chi connectivity index (χ0) is 20.1. The van der Waals surface area contributed by atoms with Crippen LogP contribution in [0.3, 0.4) is 0 Å². The first-order valence-electron chi connectivity index (χ1n) is 10.5. The molecule has 4 nitrogen and oxygen atoms in total. The van der Waals surface area contributed by atoms with Gasteiger partial charge in [0.25, 0.3) is 0 Å². The minimum atomic E-state index is -0.209. The third-order valence-electron chi connectivity index (χ3n) is 5.65. The Bertz CT molecular complexity index is 970. The number of benzene rings is 2. The van der Waals surface area contributed by atoms with Gasteiger partial charge < -0.3 is 5.32 Å². The van der Waals surface area contributed by atoms with Gasteiger partial charge in [-0.05, 0) is 25.7 Å². The third-order valence-corrected chi connectivity index (χ3v) is 6.74. The van der Waals surface area contributed by atoms with Crippen LogP contribution in [0.25, 0.3) is 22.0 Å². The Balaban J connectivity index is 1.50. The first-order chi connectivity index (χ1) is 14.2. The number of nitrogens with one attached hydrogen (secondary N) is 1. The summed E-state index contributed by atoms with van der Waals surface area (Å²) in [7, 11) is 0. The van der Waals surface area contributed by atoms with Crippen molar-refractivity contribution < 1.29 is 4.79 Å². The van der Waals surface area contributed by atoms with Crippen LogP contribution in [0, 0.1) is 5.92 Å². The van der Waals surface area contributed by atoms with Gasteiger partial charge in [0, 0.05) is 22.9 Å². The summed E-state index contributed by atoms with van der Waals surface area (Å²) in [6, 6.07) is 18.3. The zero-order valence-electron chi connectivity index (χ0n) is 16.8. The summed E-state index contributed by atoms with van der Waals surface area (Å²) in [5.74, 6) is 0.717. The van der Waals surface area contributed by atoms with Gasteiger partial charge in [0.15, 0.2) is 0 Å². The number of thioether (sulfide) groups is 1. The minimum absolute atomic E-state index is 0.0820. The molecule has 0 radical (unpaired) electrons. The maximum absolute atomic E-state index is 12.6. The molecule has 1 saturated carbocycles. The number of aromatic nitrogens is 2. The summed E-state index contributed by atoms with van der Waals surface area (Å²) >= 11 is 1.49. The van der Waals surface area contributed by atoms with E-state index in [2.05, 4.69) is 27.6 Å². The van der Waals surface area contributed by atoms with Crippen LogP contribution in [-0.2, 0) is 4.79 Å². The van der Waals surface area contributed by atoms with E-state index < -0.39 is 0 Å². The van der Waals surface area contributed by atoms with E-state index in [0.717, 1.165) is 33.6 Å². The normalized spacial score (nSPS) is 15.9. The molecule has 5 heteroatoms. The average Bonchev–Trinajstić information content (AvgIpc) is 2.79. The van der Waals surface area contributed by atoms with E-state index in [1.807, 2.05) is 49.4 Å². The topological polar surface area (TPSA) is 54.9 Å². The van der Waals surface area contributed by atoms with Crippen LogP contribution in [0.4, 0.5) is 0 Å². The summed E-state index contributed by atoms with van der Waals surface area (Å²) in [5, 5.41) is 14.8. The Morgan fingerprint density at radius 3 is 2.45 bits per heavy atom. The van der Waals surface area contributed by atoms with Crippen molar-refractivity contribution in [2.45, 2.75) is 49.3 Å². The summed E-state index contributed by atoms with van der Waals surface area (Å²) in [6.07, 6.45) is 6.39. The molecule has 4 rings (SSSR count).